The largest absolute Gasteiger partial charge is 0.356 e. The molecule has 5 nitrogen and oxygen atoms in total. The minimum absolute atomic E-state index is 0.0833. The highest BCUT2D eigenvalue weighted by Crippen LogP contribution is 2.20. The van der Waals surface area contributed by atoms with Crippen molar-refractivity contribution < 1.29 is 4.79 Å². The van der Waals surface area contributed by atoms with Gasteiger partial charge in [0, 0.05) is 23.4 Å². The summed E-state index contributed by atoms with van der Waals surface area (Å²) in [6.45, 7) is 0.591. The smallest absolute Gasteiger partial charge is 0.251 e. The highest BCUT2D eigenvalue weighted by atomic mass is 35.5. The molecule has 0 fully saturated rings. The van der Waals surface area contributed by atoms with E-state index < -0.39 is 0 Å². The lowest BCUT2D eigenvalue weighted by Crippen LogP contribution is -2.27. The van der Waals surface area contributed by atoms with Crippen LogP contribution in [0.15, 0.2) is 70.6 Å². The number of hydrogen-bond acceptors (Lipinski definition) is 4. The molecule has 3 rings (SSSR count). The topological polar surface area (TPSA) is 74.8 Å². The second kappa shape index (κ2) is 10.8. The number of nitrogens with one attached hydrogen (secondary N) is 2. The fourth-order valence-corrected chi connectivity index (χ4v) is 3.86. The van der Waals surface area contributed by atoms with Gasteiger partial charge in [0.05, 0.1) is 12.1 Å². The number of aryl methyl sites for hydroxylation is 1. The van der Waals surface area contributed by atoms with Crippen molar-refractivity contribution in [3.8, 4) is 0 Å². The van der Waals surface area contributed by atoms with Crippen molar-refractivity contribution in [2.75, 3.05) is 6.54 Å². The van der Waals surface area contributed by atoms with Crippen LogP contribution < -0.4 is 10.9 Å². The molecule has 0 aliphatic heterocycles. The number of amides is 1. The Kier molecular flexibility index (Phi) is 7.90. The summed E-state index contributed by atoms with van der Waals surface area (Å²) in [5.74, 6) is 0.487. The molecular weight excluding hydrogens is 406 g/mol. The van der Waals surface area contributed by atoms with Gasteiger partial charge in [-0.3, -0.25) is 9.59 Å². The van der Waals surface area contributed by atoms with Crippen molar-refractivity contribution in [3.05, 3.63) is 92.9 Å². The van der Waals surface area contributed by atoms with E-state index in [1.807, 2.05) is 42.5 Å². The van der Waals surface area contributed by atoms with Crippen molar-refractivity contribution in [3.63, 3.8) is 0 Å². The first-order chi connectivity index (χ1) is 14.1. The predicted octanol–water partition coefficient (Wildman–Crippen LogP) is 4.01. The van der Waals surface area contributed by atoms with Crippen molar-refractivity contribution in [2.24, 2.45) is 0 Å². The number of aromatic nitrogens is 2. The van der Waals surface area contributed by atoms with Crippen molar-refractivity contribution in [2.45, 2.75) is 30.2 Å². The maximum atomic E-state index is 12.2. The Morgan fingerprint density at radius 1 is 1.07 bits per heavy atom. The highest BCUT2D eigenvalue weighted by molar-refractivity contribution is 7.98. The number of aromatic amines is 1. The highest BCUT2D eigenvalue weighted by Gasteiger charge is 2.08. The lowest BCUT2D eigenvalue weighted by atomic mass is 10.1. The zero-order chi connectivity index (χ0) is 20.5. The third-order valence-electron chi connectivity index (χ3n) is 4.19. The number of rotatable bonds is 9. The minimum atomic E-state index is -0.263. The van der Waals surface area contributed by atoms with Crippen molar-refractivity contribution in [1.29, 1.82) is 0 Å². The molecule has 0 radical (unpaired) electrons. The fourth-order valence-electron chi connectivity index (χ4n) is 2.81. The van der Waals surface area contributed by atoms with Crippen molar-refractivity contribution in [1.82, 2.24) is 15.3 Å². The SMILES string of the molecule is O=C(Cc1cc(=O)[nH]c(SCc2cccc(Cl)c2)n1)NCCCc1ccccc1. The number of thioether (sulfide) groups is 1. The van der Waals surface area contributed by atoms with Crippen LogP contribution in [0.4, 0.5) is 0 Å². The number of carbonyl (C=O) groups excluding carboxylic acids is 1. The molecule has 2 aromatic carbocycles. The fraction of sp³-hybridized carbons (Fsp3) is 0.227. The van der Waals surface area contributed by atoms with Gasteiger partial charge in [-0.25, -0.2) is 4.98 Å². The zero-order valence-corrected chi connectivity index (χ0v) is 17.4. The van der Waals surface area contributed by atoms with Gasteiger partial charge in [-0.05, 0) is 36.1 Å². The van der Waals surface area contributed by atoms with Gasteiger partial charge in [0.25, 0.3) is 5.56 Å². The van der Waals surface area contributed by atoms with Crippen LogP contribution in [0.5, 0.6) is 0 Å². The van der Waals surface area contributed by atoms with E-state index >= 15 is 0 Å². The van der Waals surface area contributed by atoms with E-state index in [1.54, 1.807) is 0 Å². The Balaban J connectivity index is 1.48. The van der Waals surface area contributed by atoms with E-state index in [2.05, 4.69) is 27.4 Å². The summed E-state index contributed by atoms with van der Waals surface area (Å²) >= 11 is 7.39. The van der Waals surface area contributed by atoms with Gasteiger partial charge < -0.3 is 10.3 Å². The second-order valence-corrected chi connectivity index (χ2v) is 7.98. The Morgan fingerprint density at radius 2 is 1.86 bits per heavy atom. The van der Waals surface area contributed by atoms with Gasteiger partial charge in [-0.15, -0.1) is 0 Å². The molecule has 150 valence electrons. The molecule has 7 heteroatoms. The van der Waals surface area contributed by atoms with Crippen LogP contribution >= 0.6 is 23.4 Å². The third-order valence-corrected chi connectivity index (χ3v) is 5.37. The number of benzene rings is 2. The molecule has 1 heterocycles. The van der Waals surface area contributed by atoms with Crippen LogP contribution in [-0.2, 0) is 23.4 Å². The zero-order valence-electron chi connectivity index (χ0n) is 15.9. The van der Waals surface area contributed by atoms with E-state index in [4.69, 9.17) is 11.6 Å². The Bertz CT molecular complexity index is 1010. The van der Waals surface area contributed by atoms with Crippen molar-refractivity contribution >= 4 is 29.3 Å². The Labute approximate surface area is 178 Å². The van der Waals surface area contributed by atoms with E-state index in [1.165, 1.54) is 23.4 Å². The van der Waals surface area contributed by atoms with E-state index in [0.717, 1.165) is 18.4 Å². The van der Waals surface area contributed by atoms with Gasteiger partial charge in [-0.2, -0.15) is 0 Å². The maximum Gasteiger partial charge on any atom is 0.251 e. The first-order valence-electron chi connectivity index (χ1n) is 9.36. The predicted molar refractivity (Wildman–Crippen MR) is 117 cm³/mol. The summed E-state index contributed by atoms with van der Waals surface area (Å²) in [5.41, 5.74) is 2.48. The molecule has 0 unspecified atom stereocenters. The molecule has 2 N–H and O–H groups in total. The summed E-state index contributed by atoms with van der Waals surface area (Å²) in [5, 5.41) is 4.05. The molecule has 0 aliphatic carbocycles. The Morgan fingerprint density at radius 3 is 2.66 bits per heavy atom. The second-order valence-electron chi connectivity index (χ2n) is 6.58. The summed E-state index contributed by atoms with van der Waals surface area (Å²) in [7, 11) is 0. The van der Waals surface area contributed by atoms with Gasteiger partial charge >= 0.3 is 0 Å². The number of carbonyl (C=O) groups is 1. The minimum Gasteiger partial charge on any atom is -0.356 e. The van der Waals surface area contributed by atoms with Crippen LogP contribution in [0.3, 0.4) is 0 Å². The molecule has 1 aromatic heterocycles. The van der Waals surface area contributed by atoms with Crippen LogP contribution in [0, 0.1) is 0 Å². The summed E-state index contributed by atoms with van der Waals surface area (Å²) in [6, 6.07) is 19.1. The molecule has 0 atom stereocenters. The normalized spacial score (nSPS) is 10.7. The van der Waals surface area contributed by atoms with Gasteiger partial charge in [-0.1, -0.05) is 65.8 Å². The number of hydrogen-bond donors (Lipinski definition) is 2. The molecule has 0 saturated heterocycles. The number of nitrogens with zero attached hydrogens (tertiary/aromatic N) is 1. The third kappa shape index (κ3) is 7.40. The first-order valence-corrected chi connectivity index (χ1v) is 10.7. The summed E-state index contributed by atoms with van der Waals surface area (Å²) < 4.78 is 0. The number of halogens is 1. The lowest BCUT2D eigenvalue weighted by Gasteiger charge is -2.07. The van der Waals surface area contributed by atoms with Crippen LogP contribution in [0.25, 0.3) is 0 Å². The molecule has 0 saturated carbocycles. The van der Waals surface area contributed by atoms with Gasteiger partial charge in [0.15, 0.2) is 5.16 Å². The van der Waals surface area contributed by atoms with Crippen LogP contribution in [0.2, 0.25) is 5.02 Å². The summed E-state index contributed by atoms with van der Waals surface area (Å²) in [6.07, 6.45) is 1.86. The van der Waals surface area contributed by atoms with E-state index in [9.17, 15) is 9.59 Å². The molecule has 1 amide bonds. The van der Waals surface area contributed by atoms with E-state index in [-0.39, 0.29) is 17.9 Å². The molecule has 0 bridgehead atoms. The molecule has 3 aromatic rings. The molecule has 29 heavy (non-hydrogen) atoms. The lowest BCUT2D eigenvalue weighted by molar-refractivity contribution is -0.120. The average molecular weight is 428 g/mol. The van der Waals surface area contributed by atoms with Gasteiger partial charge in [0.1, 0.15) is 0 Å². The molecule has 0 spiro atoms. The standard InChI is InChI=1S/C22H22ClN3O2S/c23-18-10-4-8-17(12-18)15-29-22-25-19(14-21(28)26-22)13-20(27)24-11-5-9-16-6-2-1-3-7-16/h1-4,6-8,10,12,14H,5,9,11,13,15H2,(H,24,27)(H,25,26,28). The maximum absolute atomic E-state index is 12.2. The number of H-pyrrole nitrogens is 1. The Hall–Kier alpha value is -2.57. The summed E-state index contributed by atoms with van der Waals surface area (Å²) in [4.78, 5) is 31.2. The van der Waals surface area contributed by atoms with Crippen LogP contribution in [0.1, 0.15) is 23.2 Å². The molecular formula is C22H22ClN3O2S. The molecule has 0 aliphatic rings. The van der Waals surface area contributed by atoms with Gasteiger partial charge in [0.2, 0.25) is 5.91 Å². The first kappa shape index (κ1) is 21.1. The monoisotopic (exact) mass is 427 g/mol. The average Bonchev–Trinajstić information content (AvgIpc) is 2.70. The van der Waals surface area contributed by atoms with E-state index in [0.29, 0.717) is 28.2 Å². The quantitative estimate of drug-likeness (QED) is 0.307. The van der Waals surface area contributed by atoms with Crippen LogP contribution in [-0.4, -0.2) is 22.4 Å².